The van der Waals surface area contributed by atoms with E-state index in [0.717, 1.165) is 11.8 Å². The summed E-state index contributed by atoms with van der Waals surface area (Å²) < 4.78 is 2.38. The summed E-state index contributed by atoms with van der Waals surface area (Å²) in [7, 11) is 0. The molecule has 0 saturated heterocycles. The Balaban J connectivity index is 1.67. The third kappa shape index (κ3) is 2.16. The molecule has 2 saturated carbocycles. The van der Waals surface area contributed by atoms with Gasteiger partial charge >= 0.3 is 0 Å². The van der Waals surface area contributed by atoms with E-state index < -0.39 is 0 Å². The fourth-order valence-electron chi connectivity index (χ4n) is 3.35. The lowest BCUT2D eigenvalue weighted by Crippen LogP contribution is -2.21. The van der Waals surface area contributed by atoms with Gasteiger partial charge in [-0.25, -0.2) is 4.98 Å². The van der Waals surface area contributed by atoms with Crippen molar-refractivity contribution in [2.75, 3.05) is 0 Å². The first-order valence-electron chi connectivity index (χ1n) is 7.67. The van der Waals surface area contributed by atoms with Crippen LogP contribution in [0.25, 0.3) is 0 Å². The Hall–Kier alpha value is -1.61. The Kier molecular flexibility index (Phi) is 2.88. The molecule has 1 aromatic carbocycles. The molecule has 3 nitrogen and oxygen atoms in total. The number of rotatable bonds is 5. The van der Waals surface area contributed by atoms with E-state index in [0.29, 0.717) is 6.04 Å². The smallest absolute Gasteiger partial charge is 0.0951 e. The number of nitrogens with two attached hydrogens (primary N) is 1. The molecule has 1 unspecified atom stereocenters. The first-order valence-corrected chi connectivity index (χ1v) is 7.67. The lowest BCUT2D eigenvalue weighted by Gasteiger charge is -2.23. The predicted molar refractivity (Wildman–Crippen MR) is 79.2 cm³/mol. The van der Waals surface area contributed by atoms with Gasteiger partial charge in [0.1, 0.15) is 0 Å². The molecule has 0 spiro atoms. The number of imidazole rings is 1. The van der Waals surface area contributed by atoms with Gasteiger partial charge in [0.15, 0.2) is 0 Å². The van der Waals surface area contributed by atoms with Gasteiger partial charge in [-0.15, -0.1) is 0 Å². The van der Waals surface area contributed by atoms with E-state index in [-0.39, 0.29) is 6.04 Å². The highest BCUT2D eigenvalue weighted by Gasteiger charge is 2.43. The van der Waals surface area contributed by atoms with Gasteiger partial charge in [0.05, 0.1) is 24.3 Å². The van der Waals surface area contributed by atoms with Crippen molar-refractivity contribution in [2.45, 2.75) is 37.8 Å². The Labute approximate surface area is 119 Å². The molecule has 1 heterocycles. The molecule has 2 fully saturated rings. The maximum atomic E-state index is 6.48. The van der Waals surface area contributed by atoms with Crippen LogP contribution >= 0.6 is 0 Å². The first kappa shape index (κ1) is 12.2. The summed E-state index contributed by atoms with van der Waals surface area (Å²) in [6.45, 7) is 0. The number of nitrogens with zero attached hydrogens (tertiary/aromatic N) is 2. The fourth-order valence-corrected chi connectivity index (χ4v) is 3.35. The molecule has 4 rings (SSSR count). The highest BCUT2D eigenvalue weighted by atomic mass is 15.1. The Morgan fingerprint density at radius 3 is 2.30 bits per heavy atom. The second-order valence-corrected chi connectivity index (χ2v) is 6.28. The maximum Gasteiger partial charge on any atom is 0.0951 e. The predicted octanol–water partition coefficient (Wildman–Crippen LogP) is 3.29. The first-order chi connectivity index (χ1) is 9.84. The van der Waals surface area contributed by atoms with Crippen molar-refractivity contribution < 1.29 is 0 Å². The van der Waals surface area contributed by atoms with Crippen LogP contribution in [0.1, 0.15) is 49.0 Å². The average molecular weight is 267 g/mol. The van der Waals surface area contributed by atoms with Crippen molar-refractivity contribution in [1.82, 2.24) is 9.55 Å². The minimum absolute atomic E-state index is 0.0706. The monoisotopic (exact) mass is 267 g/mol. The van der Waals surface area contributed by atoms with E-state index in [4.69, 9.17) is 5.73 Å². The molecule has 1 aromatic heterocycles. The number of hydrogen-bond donors (Lipinski definition) is 1. The third-order valence-corrected chi connectivity index (χ3v) is 4.70. The summed E-state index contributed by atoms with van der Waals surface area (Å²) in [6, 6.07) is 10.9. The summed E-state index contributed by atoms with van der Waals surface area (Å²) in [5, 5.41) is 0. The Morgan fingerprint density at radius 2 is 1.70 bits per heavy atom. The van der Waals surface area contributed by atoms with Crippen LogP contribution in [0.2, 0.25) is 0 Å². The molecule has 0 radical (unpaired) electrons. The van der Waals surface area contributed by atoms with Gasteiger partial charge in [0.25, 0.3) is 0 Å². The molecule has 2 aliphatic carbocycles. The lowest BCUT2D eigenvalue weighted by molar-refractivity contribution is 0.381. The quantitative estimate of drug-likeness (QED) is 0.903. The molecule has 0 bridgehead atoms. The molecular weight excluding hydrogens is 246 g/mol. The zero-order chi connectivity index (χ0) is 13.5. The second kappa shape index (κ2) is 4.74. The van der Waals surface area contributed by atoms with E-state index in [9.17, 15) is 0 Å². The van der Waals surface area contributed by atoms with Crippen LogP contribution in [0.5, 0.6) is 0 Å². The summed E-state index contributed by atoms with van der Waals surface area (Å²) in [5.41, 5.74) is 8.81. The maximum absolute atomic E-state index is 6.48. The topological polar surface area (TPSA) is 43.8 Å². The lowest BCUT2D eigenvalue weighted by atomic mass is 10.0. The molecule has 20 heavy (non-hydrogen) atoms. The second-order valence-electron chi connectivity index (χ2n) is 6.28. The number of benzene rings is 1. The highest BCUT2D eigenvalue weighted by Crippen LogP contribution is 2.52. The fraction of sp³-hybridized carbons (Fsp3) is 0.471. The van der Waals surface area contributed by atoms with E-state index >= 15 is 0 Å². The van der Waals surface area contributed by atoms with E-state index in [1.165, 1.54) is 36.9 Å². The SMILES string of the molecule is NC(c1ccccc1)c1cncn1C(C1CC1)C1CC1. The van der Waals surface area contributed by atoms with Gasteiger partial charge in [0, 0.05) is 6.04 Å². The minimum Gasteiger partial charge on any atom is -0.329 e. The molecule has 0 amide bonds. The molecule has 2 N–H and O–H groups in total. The molecule has 2 aromatic rings. The van der Waals surface area contributed by atoms with Gasteiger partial charge in [0.2, 0.25) is 0 Å². The molecule has 2 aliphatic rings. The average Bonchev–Trinajstić information content (AvgIpc) is 3.40. The summed E-state index contributed by atoms with van der Waals surface area (Å²) in [4.78, 5) is 4.39. The van der Waals surface area contributed by atoms with Gasteiger partial charge in [-0.1, -0.05) is 30.3 Å². The van der Waals surface area contributed by atoms with E-state index in [1.54, 1.807) is 0 Å². The molecular formula is C17H21N3. The van der Waals surface area contributed by atoms with Crippen molar-refractivity contribution >= 4 is 0 Å². The summed E-state index contributed by atoms with van der Waals surface area (Å²) in [6.07, 6.45) is 9.45. The molecule has 104 valence electrons. The van der Waals surface area contributed by atoms with Crippen molar-refractivity contribution in [3.05, 3.63) is 54.1 Å². The molecule has 1 atom stereocenters. The van der Waals surface area contributed by atoms with Crippen molar-refractivity contribution in [3.63, 3.8) is 0 Å². The van der Waals surface area contributed by atoms with Crippen LogP contribution in [0.4, 0.5) is 0 Å². The summed E-state index contributed by atoms with van der Waals surface area (Å²) in [5.74, 6) is 1.72. The van der Waals surface area contributed by atoms with Crippen LogP contribution < -0.4 is 5.73 Å². The van der Waals surface area contributed by atoms with E-state index in [2.05, 4.69) is 33.8 Å². The van der Waals surface area contributed by atoms with Crippen molar-refractivity contribution in [2.24, 2.45) is 17.6 Å². The zero-order valence-electron chi connectivity index (χ0n) is 11.7. The van der Waals surface area contributed by atoms with Crippen LogP contribution in [0.15, 0.2) is 42.9 Å². The van der Waals surface area contributed by atoms with Crippen LogP contribution in [0, 0.1) is 11.8 Å². The van der Waals surface area contributed by atoms with Crippen LogP contribution in [0.3, 0.4) is 0 Å². The van der Waals surface area contributed by atoms with Gasteiger partial charge < -0.3 is 10.3 Å². The largest absolute Gasteiger partial charge is 0.329 e. The molecule has 0 aliphatic heterocycles. The zero-order valence-corrected chi connectivity index (χ0v) is 11.7. The van der Waals surface area contributed by atoms with Crippen molar-refractivity contribution in [3.8, 4) is 0 Å². The van der Waals surface area contributed by atoms with Gasteiger partial charge in [-0.05, 0) is 43.1 Å². The normalized spacial score (nSPS) is 20.3. The van der Waals surface area contributed by atoms with Crippen molar-refractivity contribution in [1.29, 1.82) is 0 Å². The van der Waals surface area contributed by atoms with Gasteiger partial charge in [-0.2, -0.15) is 0 Å². The Morgan fingerprint density at radius 1 is 1.05 bits per heavy atom. The van der Waals surface area contributed by atoms with Gasteiger partial charge in [-0.3, -0.25) is 0 Å². The number of hydrogen-bond acceptors (Lipinski definition) is 2. The number of aromatic nitrogens is 2. The standard InChI is InChI=1S/C17H21N3/c18-16(12-4-2-1-3-5-12)15-10-19-11-20(15)17(13-6-7-13)14-8-9-14/h1-5,10-11,13-14,16-17H,6-9,18H2. The summed E-state index contributed by atoms with van der Waals surface area (Å²) >= 11 is 0. The van der Waals surface area contributed by atoms with Crippen LogP contribution in [-0.2, 0) is 0 Å². The third-order valence-electron chi connectivity index (χ3n) is 4.70. The molecule has 3 heteroatoms. The Bertz CT molecular complexity index is 569. The van der Waals surface area contributed by atoms with Crippen LogP contribution in [-0.4, -0.2) is 9.55 Å². The van der Waals surface area contributed by atoms with E-state index in [1.807, 2.05) is 18.6 Å². The minimum atomic E-state index is -0.0706. The highest BCUT2D eigenvalue weighted by molar-refractivity contribution is 5.27.